The van der Waals surface area contributed by atoms with Crippen LogP contribution in [0.5, 0.6) is 0 Å². The Morgan fingerprint density at radius 3 is 3.25 bits per heavy atom. The second kappa shape index (κ2) is 3.81. The third kappa shape index (κ3) is 1.56. The lowest BCUT2D eigenvalue weighted by Crippen LogP contribution is -2.36. The largest absolute Gasteiger partial charge is 0.618 e. The number of rotatable bonds is 0. The van der Waals surface area contributed by atoms with Gasteiger partial charge in [0, 0.05) is 30.3 Å². The lowest BCUT2D eigenvalue weighted by Gasteiger charge is -2.32. The molecular formula is C13H16N2O. The number of nitrogens with one attached hydrogen (secondary N) is 1. The highest BCUT2D eigenvalue weighted by Gasteiger charge is 2.32. The molecule has 84 valence electrons. The summed E-state index contributed by atoms with van der Waals surface area (Å²) in [6, 6.07) is 0. The Morgan fingerprint density at radius 1 is 1.38 bits per heavy atom. The molecule has 0 aromatic heterocycles. The van der Waals surface area contributed by atoms with Crippen LogP contribution in [0.3, 0.4) is 0 Å². The van der Waals surface area contributed by atoms with Gasteiger partial charge in [-0.05, 0) is 19.3 Å². The molecule has 2 unspecified atom stereocenters. The van der Waals surface area contributed by atoms with Crippen molar-refractivity contribution < 1.29 is 4.74 Å². The SMILES string of the molecule is [O-][N+]1=C2C=C3NCCCC3CC2C=CC=C1. The lowest BCUT2D eigenvalue weighted by molar-refractivity contribution is -0.380. The Hall–Kier alpha value is -1.51. The minimum absolute atomic E-state index is 0.293. The van der Waals surface area contributed by atoms with E-state index in [1.54, 1.807) is 6.20 Å². The lowest BCUT2D eigenvalue weighted by atomic mass is 9.79. The molecule has 3 aliphatic rings. The van der Waals surface area contributed by atoms with Gasteiger partial charge in [-0.15, -0.1) is 0 Å². The van der Waals surface area contributed by atoms with Crippen LogP contribution in [0.1, 0.15) is 19.3 Å². The van der Waals surface area contributed by atoms with Crippen LogP contribution in [-0.4, -0.2) is 17.0 Å². The molecule has 2 heterocycles. The molecule has 0 aromatic carbocycles. The van der Waals surface area contributed by atoms with Crippen molar-refractivity contribution in [1.29, 1.82) is 0 Å². The van der Waals surface area contributed by atoms with E-state index in [-0.39, 0.29) is 0 Å². The van der Waals surface area contributed by atoms with Gasteiger partial charge in [0.25, 0.3) is 0 Å². The second-order valence-electron chi connectivity index (χ2n) is 4.68. The molecular weight excluding hydrogens is 200 g/mol. The van der Waals surface area contributed by atoms with Crippen LogP contribution in [0.15, 0.2) is 36.2 Å². The summed E-state index contributed by atoms with van der Waals surface area (Å²) in [5, 5.41) is 15.2. The fourth-order valence-electron chi connectivity index (χ4n) is 2.80. The van der Waals surface area contributed by atoms with Gasteiger partial charge in [0.1, 0.15) is 0 Å². The third-order valence-corrected chi connectivity index (χ3v) is 3.65. The maximum absolute atomic E-state index is 11.8. The van der Waals surface area contributed by atoms with Gasteiger partial charge in [-0.1, -0.05) is 12.2 Å². The van der Waals surface area contributed by atoms with Crippen molar-refractivity contribution in [2.75, 3.05) is 6.54 Å². The van der Waals surface area contributed by atoms with Gasteiger partial charge in [-0.2, -0.15) is 4.74 Å². The molecule has 1 saturated heterocycles. The summed E-state index contributed by atoms with van der Waals surface area (Å²) in [4.78, 5) is 0. The Kier molecular flexibility index (Phi) is 2.31. The zero-order chi connectivity index (χ0) is 11.0. The first kappa shape index (κ1) is 9.70. The predicted molar refractivity (Wildman–Crippen MR) is 63.8 cm³/mol. The Bertz CT molecular complexity index is 418. The molecule has 2 atom stereocenters. The van der Waals surface area contributed by atoms with Crippen molar-refractivity contribution in [3.8, 4) is 0 Å². The predicted octanol–water partition coefficient (Wildman–Crippen LogP) is 1.92. The highest BCUT2D eigenvalue weighted by atomic mass is 16.5. The van der Waals surface area contributed by atoms with Crippen molar-refractivity contribution in [1.82, 2.24) is 5.32 Å². The molecule has 0 bridgehead atoms. The number of hydroxylamine groups is 1. The second-order valence-corrected chi connectivity index (χ2v) is 4.68. The van der Waals surface area contributed by atoms with Gasteiger partial charge in [-0.25, -0.2) is 0 Å². The summed E-state index contributed by atoms with van der Waals surface area (Å²) < 4.78 is 1.00. The van der Waals surface area contributed by atoms with E-state index in [1.807, 2.05) is 12.2 Å². The number of hydrogen-bond donors (Lipinski definition) is 1. The maximum atomic E-state index is 11.8. The van der Waals surface area contributed by atoms with Crippen molar-refractivity contribution in [3.05, 3.63) is 41.4 Å². The summed E-state index contributed by atoms with van der Waals surface area (Å²) in [5.74, 6) is 0.916. The van der Waals surface area contributed by atoms with E-state index in [0.717, 1.165) is 23.4 Å². The molecule has 0 saturated carbocycles. The topological polar surface area (TPSA) is 38.1 Å². The highest BCUT2D eigenvalue weighted by Crippen LogP contribution is 2.33. The quantitative estimate of drug-likeness (QED) is 0.496. The molecule has 3 heteroatoms. The molecule has 3 rings (SSSR count). The van der Waals surface area contributed by atoms with E-state index < -0.39 is 0 Å². The smallest absolute Gasteiger partial charge is 0.201 e. The standard InChI is InChI=1S/C13H16N2O/c16-15-7-2-1-4-11-8-10-5-3-6-14-12(10)9-13(11)15/h1-2,4,7,9-11,14H,3,5-6,8H2. The van der Waals surface area contributed by atoms with Crippen molar-refractivity contribution in [3.63, 3.8) is 0 Å². The van der Waals surface area contributed by atoms with Gasteiger partial charge < -0.3 is 10.5 Å². The fraction of sp³-hybridized carbons (Fsp3) is 0.462. The van der Waals surface area contributed by atoms with Crippen molar-refractivity contribution in [2.24, 2.45) is 11.8 Å². The zero-order valence-corrected chi connectivity index (χ0v) is 9.23. The molecule has 3 nitrogen and oxygen atoms in total. The maximum Gasteiger partial charge on any atom is 0.201 e. The summed E-state index contributed by atoms with van der Waals surface area (Å²) in [6.07, 6.45) is 13.2. The van der Waals surface area contributed by atoms with Gasteiger partial charge in [0.15, 0.2) is 6.20 Å². The van der Waals surface area contributed by atoms with Crippen LogP contribution in [0.4, 0.5) is 0 Å². The Morgan fingerprint density at radius 2 is 2.31 bits per heavy atom. The summed E-state index contributed by atoms with van der Waals surface area (Å²) in [7, 11) is 0. The van der Waals surface area contributed by atoms with E-state index >= 15 is 0 Å². The van der Waals surface area contributed by atoms with Gasteiger partial charge in [0.05, 0.1) is 5.92 Å². The molecule has 0 spiro atoms. The van der Waals surface area contributed by atoms with Crippen LogP contribution < -0.4 is 5.32 Å². The minimum atomic E-state index is 0.293. The van der Waals surface area contributed by atoms with E-state index in [9.17, 15) is 5.21 Å². The van der Waals surface area contributed by atoms with Gasteiger partial charge >= 0.3 is 0 Å². The van der Waals surface area contributed by atoms with Crippen LogP contribution in [0.2, 0.25) is 0 Å². The molecule has 16 heavy (non-hydrogen) atoms. The first-order valence-corrected chi connectivity index (χ1v) is 5.98. The average Bonchev–Trinajstić information content (AvgIpc) is 2.49. The zero-order valence-electron chi connectivity index (χ0n) is 9.23. The molecule has 1 aliphatic carbocycles. The summed E-state index contributed by atoms with van der Waals surface area (Å²) in [6.45, 7) is 1.05. The minimum Gasteiger partial charge on any atom is -0.618 e. The Balaban J connectivity index is 2.01. The highest BCUT2D eigenvalue weighted by molar-refractivity contribution is 5.96. The summed E-state index contributed by atoms with van der Waals surface area (Å²) >= 11 is 0. The molecule has 0 radical (unpaired) electrons. The number of allylic oxidation sites excluding steroid dienone is 5. The van der Waals surface area contributed by atoms with Gasteiger partial charge in [-0.3, -0.25) is 0 Å². The van der Waals surface area contributed by atoms with Gasteiger partial charge in [0.2, 0.25) is 5.71 Å². The number of nitrogens with zero attached hydrogens (tertiary/aromatic N) is 1. The number of piperidine rings is 1. The van der Waals surface area contributed by atoms with E-state index in [4.69, 9.17) is 0 Å². The van der Waals surface area contributed by atoms with Crippen LogP contribution in [-0.2, 0) is 0 Å². The van der Waals surface area contributed by atoms with E-state index in [0.29, 0.717) is 11.8 Å². The molecule has 1 N–H and O–H groups in total. The molecule has 1 fully saturated rings. The molecule has 0 amide bonds. The van der Waals surface area contributed by atoms with Crippen molar-refractivity contribution >= 4 is 5.71 Å². The first-order valence-electron chi connectivity index (χ1n) is 5.98. The van der Waals surface area contributed by atoms with E-state index in [1.165, 1.54) is 18.5 Å². The molecule has 2 aliphatic heterocycles. The fourth-order valence-corrected chi connectivity index (χ4v) is 2.80. The molecule has 0 aromatic rings. The average molecular weight is 216 g/mol. The summed E-state index contributed by atoms with van der Waals surface area (Å²) in [5.41, 5.74) is 2.15. The normalized spacial score (nSPS) is 32.4. The van der Waals surface area contributed by atoms with Crippen LogP contribution >= 0.6 is 0 Å². The monoisotopic (exact) mass is 216 g/mol. The number of hydrogen-bond acceptors (Lipinski definition) is 2. The van der Waals surface area contributed by atoms with Crippen LogP contribution in [0.25, 0.3) is 0 Å². The number of fused-ring (bicyclic) bond motifs is 2. The first-order chi connectivity index (χ1) is 7.84. The third-order valence-electron chi connectivity index (χ3n) is 3.65. The van der Waals surface area contributed by atoms with E-state index in [2.05, 4.69) is 17.5 Å². The Labute approximate surface area is 95.4 Å². The van der Waals surface area contributed by atoms with Crippen LogP contribution in [0, 0.1) is 17.0 Å². The van der Waals surface area contributed by atoms with Crippen molar-refractivity contribution in [2.45, 2.75) is 19.3 Å².